The van der Waals surface area contributed by atoms with Crippen LogP contribution in [0.1, 0.15) is 29.8 Å². The molecule has 16 heavy (non-hydrogen) atoms. The average Bonchev–Trinajstić information content (AvgIpc) is 2.27. The molecule has 0 saturated heterocycles. The number of hydrogen-bond donors (Lipinski definition) is 0. The largest absolute Gasteiger partial charge is 0.462 e. The molecule has 0 unspecified atom stereocenters. The molecule has 0 heterocycles. The molecule has 84 valence electrons. The van der Waals surface area contributed by atoms with E-state index in [4.69, 9.17) is 4.74 Å². The van der Waals surface area contributed by atoms with Crippen LogP contribution in [0.5, 0.6) is 0 Å². The SMILES string of the molecule is CCOC(=O)c1ccc(/C=C/C(C)=O)cc1. The lowest BCUT2D eigenvalue weighted by molar-refractivity contribution is -0.112. The van der Waals surface area contributed by atoms with Crippen molar-refractivity contribution in [2.45, 2.75) is 13.8 Å². The van der Waals surface area contributed by atoms with E-state index < -0.39 is 0 Å². The second kappa shape index (κ2) is 5.85. The van der Waals surface area contributed by atoms with Gasteiger partial charge in [-0.25, -0.2) is 4.79 Å². The lowest BCUT2D eigenvalue weighted by Crippen LogP contribution is -2.03. The minimum absolute atomic E-state index is 0.00512. The van der Waals surface area contributed by atoms with Gasteiger partial charge in [-0.3, -0.25) is 4.79 Å². The number of rotatable bonds is 4. The topological polar surface area (TPSA) is 43.4 Å². The van der Waals surface area contributed by atoms with Crippen molar-refractivity contribution < 1.29 is 14.3 Å². The number of ketones is 1. The Morgan fingerprint density at radius 1 is 1.25 bits per heavy atom. The van der Waals surface area contributed by atoms with E-state index in [-0.39, 0.29) is 11.8 Å². The standard InChI is InChI=1S/C13H14O3/c1-3-16-13(15)12-8-6-11(7-9-12)5-4-10(2)14/h4-9H,3H2,1-2H3/b5-4+. The van der Waals surface area contributed by atoms with Gasteiger partial charge in [-0.1, -0.05) is 18.2 Å². The van der Waals surface area contributed by atoms with Gasteiger partial charge in [-0.15, -0.1) is 0 Å². The Morgan fingerprint density at radius 2 is 1.88 bits per heavy atom. The number of benzene rings is 1. The summed E-state index contributed by atoms with van der Waals surface area (Å²) in [6.07, 6.45) is 3.19. The maximum Gasteiger partial charge on any atom is 0.338 e. The van der Waals surface area contributed by atoms with Gasteiger partial charge in [-0.2, -0.15) is 0 Å². The minimum Gasteiger partial charge on any atom is -0.462 e. The molecule has 3 nitrogen and oxygen atoms in total. The van der Waals surface area contributed by atoms with Crippen LogP contribution in [0.2, 0.25) is 0 Å². The van der Waals surface area contributed by atoms with Crippen molar-refractivity contribution in [2.75, 3.05) is 6.61 Å². The molecule has 0 fully saturated rings. The van der Waals surface area contributed by atoms with Gasteiger partial charge in [0.1, 0.15) is 0 Å². The number of ether oxygens (including phenoxy) is 1. The molecular formula is C13H14O3. The highest BCUT2D eigenvalue weighted by molar-refractivity contribution is 5.92. The van der Waals surface area contributed by atoms with Crippen LogP contribution in [0.25, 0.3) is 6.08 Å². The lowest BCUT2D eigenvalue weighted by Gasteiger charge is -2.01. The van der Waals surface area contributed by atoms with E-state index in [1.54, 1.807) is 37.3 Å². The third-order valence-electron chi connectivity index (χ3n) is 1.93. The minimum atomic E-state index is -0.329. The molecule has 1 aromatic carbocycles. The first-order valence-electron chi connectivity index (χ1n) is 5.09. The highest BCUT2D eigenvalue weighted by Crippen LogP contribution is 2.07. The van der Waals surface area contributed by atoms with E-state index in [1.165, 1.54) is 13.0 Å². The first-order valence-corrected chi connectivity index (χ1v) is 5.09. The molecule has 0 bridgehead atoms. The van der Waals surface area contributed by atoms with E-state index in [0.29, 0.717) is 12.2 Å². The van der Waals surface area contributed by atoms with Gasteiger partial charge in [-0.05, 0) is 37.6 Å². The Bertz CT molecular complexity index is 402. The summed E-state index contributed by atoms with van der Waals surface area (Å²) in [7, 11) is 0. The van der Waals surface area contributed by atoms with Crippen LogP contribution in [-0.2, 0) is 9.53 Å². The molecule has 0 radical (unpaired) electrons. The fourth-order valence-corrected chi connectivity index (χ4v) is 1.16. The number of allylic oxidation sites excluding steroid dienone is 1. The predicted molar refractivity (Wildman–Crippen MR) is 62.1 cm³/mol. The zero-order valence-electron chi connectivity index (χ0n) is 9.40. The maximum atomic E-state index is 11.3. The van der Waals surface area contributed by atoms with Crippen molar-refractivity contribution in [3.05, 3.63) is 41.5 Å². The molecule has 0 amide bonds. The summed E-state index contributed by atoms with van der Waals surface area (Å²) in [4.78, 5) is 22.0. The van der Waals surface area contributed by atoms with Gasteiger partial charge in [0.25, 0.3) is 0 Å². The van der Waals surface area contributed by atoms with Crippen molar-refractivity contribution in [2.24, 2.45) is 0 Å². The lowest BCUT2D eigenvalue weighted by atomic mass is 10.1. The number of hydrogen-bond acceptors (Lipinski definition) is 3. The third kappa shape index (κ3) is 3.69. The highest BCUT2D eigenvalue weighted by atomic mass is 16.5. The van der Waals surface area contributed by atoms with Crippen molar-refractivity contribution in [1.29, 1.82) is 0 Å². The van der Waals surface area contributed by atoms with Gasteiger partial charge in [0.05, 0.1) is 12.2 Å². The van der Waals surface area contributed by atoms with E-state index in [1.807, 2.05) is 0 Å². The van der Waals surface area contributed by atoms with Crippen LogP contribution in [0.15, 0.2) is 30.3 Å². The van der Waals surface area contributed by atoms with Crippen LogP contribution < -0.4 is 0 Å². The molecule has 0 spiro atoms. The van der Waals surface area contributed by atoms with Crippen molar-refractivity contribution >= 4 is 17.8 Å². The summed E-state index contributed by atoms with van der Waals surface area (Å²) in [6.45, 7) is 3.62. The van der Waals surface area contributed by atoms with Crippen LogP contribution >= 0.6 is 0 Å². The summed E-state index contributed by atoms with van der Waals surface area (Å²) in [6, 6.07) is 6.90. The van der Waals surface area contributed by atoms with Gasteiger partial charge >= 0.3 is 5.97 Å². The number of carbonyl (C=O) groups is 2. The first kappa shape index (κ1) is 12.2. The zero-order chi connectivity index (χ0) is 12.0. The third-order valence-corrected chi connectivity index (χ3v) is 1.93. The average molecular weight is 218 g/mol. The molecule has 0 saturated carbocycles. The van der Waals surface area contributed by atoms with Gasteiger partial charge in [0.2, 0.25) is 0 Å². The summed E-state index contributed by atoms with van der Waals surface area (Å²) >= 11 is 0. The van der Waals surface area contributed by atoms with Gasteiger partial charge in [0.15, 0.2) is 5.78 Å². The van der Waals surface area contributed by atoms with Crippen molar-refractivity contribution in [1.82, 2.24) is 0 Å². The summed E-state index contributed by atoms with van der Waals surface area (Å²) in [5.74, 6) is -0.334. The molecule has 1 aromatic rings. The second-order valence-electron chi connectivity index (χ2n) is 3.29. The molecule has 1 rings (SSSR count). The summed E-state index contributed by atoms with van der Waals surface area (Å²) < 4.78 is 4.85. The quantitative estimate of drug-likeness (QED) is 0.576. The number of carbonyl (C=O) groups excluding carboxylic acids is 2. The molecule has 0 aliphatic heterocycles. The highest BCUT2D eigenvalue weighted by Gasteiger charge is 2.04. The Labute approximate surface area is 94.7 Å². The molecule has 0 aliphatic carbocycles. The molecule has 0 aromatic heterocycles. The monoisotopic (exact) mass is 218 g/mol. The fourth-order valence-electron chi connectivity index (χ4n) is 1.16. The van der Waals surface area contributed by atoms with Crippen LogP contribution in [0.3, 0.4) is 0 Å². The van der Waals surface area contributed by atoms with E-state index in [0.717, 1.165) is 5.56 Å². The Balaban J connectivity index is 2.75. The van der Waals surface area contributed by atoms with Crippen LogP contribution in [-0.4, -0.2) is 18.4 Å². The smallest absolute Gasteiger partial charge is 0.338 e. The Hall–Kier alpha value is -1.90. The normalized spacial score (nSPS) is 10.4. The Kier molecular flexibility index (Phi) is 4.45. The van der Waals surface area contributed by atoms with Crippen molar-refractivity contribution in [3.63, 3.8) is 0 Å². The fraction of sp³-hybridized carbons (Fsp3) is 0.231. The van der Waals surface area contributed by atoms with Crippen molar-refractivity contribution in [3.8, 4) is 0 Å². The maximum absolute atomic E-state index is 11.3. The predicted octanol–water partition coefficient (Wildman–Crippen LogP) is 2.47. The van der Waals surface area contributed by atoms with E-state index in [2.05, 4.69) is 0 Å². The molecule has 3 heteroatoms. The molecular weight excluding hydrogens is 204 g/mol. The number of esters is 1. The zero-order valence-corrected chi connectivity index (χ0v) is 9.40. The first-order chi connectivity index (χ1) is 7.63. The summed E-state index contributed by atoms with van der Waals surface area (Å²) in [5, 5.41) is 0. The van der Waals surface area contributed by atoms with E-state index >= 15 is 0 Å². The van der Waals surface area contributed by atoms with Gasteiger partial charge < -0.3 is 4.74 Å². The van der Waals surface area contributed by atoms with Gasteiger partial charge in [0, 0.05) is 0 Å². The van der Waals surface area contributed by atoms with E-state index in [9.17, 15) is 9.59 Å². The van der Waals surface area contributed by atoms with Crippen LogP contribution in [0.4, 0.5) is 0 Å². The molecule has 0 N–H and O–H groups in total. The molecule has 0 atom stereocenters. The second-order valence-corrected chi connectivity index (χ2v) is 3.29. The molecule has 0 aliphatic rings. The Morgan fingerprint density at radius 3 is 2.38 bits per heavy atom. The summed E-state index contributed by atoms with van der Waals surface area (Å²) in [5.41, 5.74) is 1.39. The van der Waals surface area contributed by atoms with Crippen LogP contribution in [0, 0.1) is 0 Å².